The molecule has 0 radical (unpaired) electrons. The van der Waals surface area contributed by atoms with Gasteiger partial charge in [0.15, 0.2) is 17.6 Å². The first-order chi connectivity index (χ1) is 14.0. The average Bonchev–Trinajstić information content (AvgIpc) is 3.08. The fourth-order valence-corrected chi connectivity index (χ4v) is 3.78. The van der Waals surface area contributed by atoms with E-state index in [4.69, 9.17) is 14.2 Å². The Bertz CT molecular complexity index is 993. The number of fused-ring (bicyclic) bond motifs is 2. The summed E-state index contributed by atoms with van der Waals surface area (Å²) in [7, 11) is 0. The Labute approximate surface area is 170 Å². The molecular formula is C20H18N2O6S. The second kappa shape index (κ2) is 8.04. The number of benzene rings is 2. The number of carbonyl (C=O) groups is 3. The molecule has 0 saturated carbocycles. The molecule has 29 heavy (non-hydrogen) atoms. The smallest absolute Gasteiger partial charge is 0.338 e. The molecule has 0 unspecified atom stereocenters. The number of amides is 2. The molecule has 2 aromatic rings. The molecule has 0 fully saturated rings. The first-order valence-corrected chi connectivity index (χ1v) is 9.96. The van der Waals surface area contributed by atoms with Crippen LogP contribution in [-0.2, 0) is 14.3 Å². The van der Waals surface area contributed by atoms with E-state index in [0.717, 1.165) is 4.90 Å². The van der Waals surface area contributed by atoms with E-state index in [1.807, 2.05) is 0 Å². The topological polar surface area (TPSA) is 103 Å². The number of esters is 1. The van der Waals surface area contributed by atoms with Crippen LogP contribution in [0.25, 0.3) is 0 Å². The number of nitrogens with one attached hydrogen (secondary N) is 2. The van der Waals surface area contributed by atoms with Crippen molar-refractivity contribution in [3.63, 3.8) is 0 Å². The first kappa shape index (κ1) is 19.1. The van der Waals surface area contributed by atoms with Crippen LogP contribution in [0.1, 0.15) is 23.7 Å². The van der Waals surface area contributed by atoms with Crippen molar-refractivity contribution in [1.82, 2.24) is 0 Å². The minimum atomic E-state index is -1.02. The number of thioether (sulfide) groups is 1. The van der Waals surface area contributed by atoms with Crippen molar-refractivity contribution >= 4 is 40.9 Å². The zero-order valence-corrected chi connectivity index (χ0v) is 16.3. The summed E-state index contributed by atoms with van der Waals surface area (Å²) in [6, 6.07) is 9.95. The lowest BCUT2D eigenvalue weighted by Gasteiger charge is -2.14. The summed E-state index contributed by atoms with van der Waals surface area (Å²) in [5.41, 5.74) is 1.34. The lowest BCUT2D eigenvalue weighted by atomic mass is 10.2. The molecule has 4 rings (SSSR count). The molecule has 2 aromatic carbocycles. The highest BCUT2D eigenvalue weighted by Gasteiger charge is 2.22. The predicted molar refractivity (Wildman–Crippen MR) is 106 cm³/mol. The number of ether oxygens (including phenoxy) is 3. The van der Waals surface area contributed by atoms with Crippen molar-refractivity contribution in [3.05, 3.63) is 42.0 Å². The highest BCUT2D eigenvalue weighted by molar-refractivity contribution is 7.99. The number of rotatable bonds is 4. The molecule has 2 heterocycles. The van der Waals surface area contributed by atoms with Crippen molar-refractivity contribution in [3.8, 4) is 11.5 Å². The van der Waals surface area contributed by atoms with Gasteiger partial charge in [0.2, 0.25) is 12.7 Å². The molecule has 2 N–H and O–H groups in total. The second-order valence-corrected chi connectivity index (χ2v) is 7.60. The molecule has 2 amide bonds. The maximum absolute atomic E-state index is 12.5. The summed E-state index contributed by atoms with van der Waals surface area (Å²) >= 11 is 1.54. The van der Waals surface area contributed by atoms with Crippen molar-refractivity contribution in [2.45, 2.75) is 24.3 Å². The van der Waals surface area contributed by atoms with Gasteiger partial charge in [-0.25, -0.2) is 4.79 Å². The van der Waals surface area contributed by atoms with Crippen LogP contribution >= 0.6 is 11.8 Å². The third-order valence-corrected chi connectivity index (χ3v) is 5.44. The Balaban J connectivity index is 1.40. The Kier molecular flexibility index (Phi) is 5.30. The zero-order chi connectivity index (χ0) is 20.4. The van der Waals surface area contributed by atoms with Gasteiger partial charge in [-0.3, -0.25) is 9.59 Å². The molecule has 0 spiro atoms. The summed E-state index contributed by atoms with van der Waals surface area (Å²) < 4.78 is 15.8. The van der Waals surface area contributed by atoms with Gasteiger partial charge >= 0.3 is 5.97 Å². The summed E-state index contributed by atoms with van der Waals surface area (Å²) in [4.78, 5) is 37.5. The van der Waals surface area contributed by atoms with Gasteiger partial charge in [0, 0.05) is 28.8 Å². The zero-order valence-electron chi connectivity index (χ0n) is 15.5. The third kappa shape index (κ3) is 4.29. The third-order valence-electron chi connectivity index (χ3n) is 4.37. The van der Waals surface area contributed by atoms with Crippen molar-refractivity contribution in [2.75, 3.05) is 23.2 Å². The summed E-state index contributed by atoms with van der Waals surface area (Å²) in [5.74, 6) is 0.603. The monoisotopic (exact) mass is 414 g/mol. The molecule has 2 aliphatic heterocycles. The number of anilines is 2. The molecule has 0 aliphatic carbocycles. The maximum Gasteiger partial charge on any atom is 0.338 e. The van der Waals surface area contributed by atoms with Gasteiger partial charge in [-0.15, -0.1) is 11.8 Å². The van der Waals surface area contributed by atoms with Crippen LogP contribution in [0.15, 0.2) is 41.3 Å². The minimum Gasteiger partial charge on any atom is -0.454 e. The van der Waals surface area contributed by atoms with Crippen LogP contribution in [0.3, 0.4) is 0 Å². The van der Waals surface area contributed by atoms with Crippen LogP contribution < -0.4 is 20.1 Å². The van der Waals surface area contributed by atoms with Crippen LogP contribution in [0, 0.1) is 0 Å². The van der Waals surface area contributed by atoms with E-state index >= 15 is 0 Å². The van der Waals surface area contributed by atoms with E-state index in [-0.39, 0.29) is 18.3 Å². The molecule has 0 aromatic heterocycles. The Morgan fingerprint density at radius 2 is 2.00 bits per heavy atom. The van der Waals surface area contributed by atoms with E-state index in [2.05, 4.69) is 10.6 Å². The van der Waals surface area contributed by atoms with Crippen LogP contribution in [0.5, 0.6) is 11.5 Å². The molecule has 2 aliphatic rings. The normalized spacial score (nSPS) is 15.6. The van der Waals surface area contributed by atoms with Gasteiger partial charge in [0.25, 0.3) is 5.91 Å². The van der Waals surface area contributed by atoms with Crippen molar-refractivity contribution in [1.29, 1.82) is 0 Å². The average molecular weight is 414 g/mol. The summed E-state index contributed by atoms with van der Waals surface area (Å²) in [6.45, 7) is 1.63. The van der Waals surface area contributed by atoms with E-state index in [9.17, 15) is 14.4 Å². The van der Waals surface area contributed by atoms with E-state index in [1.54, 1.807) is 48.2 Å². The molecule has 1 atom stereocenters. The highest BCUT2D eigenvalue weighted by Crippen LogP contribution is 2.34. The molecule has 9 heteroatoms. The molecule has 0 saturated heterocycles. The highest BCUT2D eigenvalue weighted by atomic mass is 32.2. The SMILES string of the molecule is C[C@@H](OC(=O)c1ccc2c(c1)NC(=O)CCS2)C(=O)Nc1ccc2c(c1)OCO2. The molecule has 0 bridgehead atoms. The lowest BCUT2D eigenvalue weighted by molar-refractivity contribution is -0.123. The summed E-state index contributed by atoms with van der Waals surface area (Å²) in [6.07, 6.45) is -0.605. The van der Waals surface area contributed by atoms with Crippen LogP contribution in [-0.4, -0.2) is 36.4 Å². The number of hydrogen-bond donors (Lipinski definition) is 2. The summed E-state index contributed by atoms with van der Waals surface area (Å²) in [5, 5.41) is 5.46. The van der Waals surface area contributed by atoms with Gasteiger partial charge < -0.3 is 24.8 Å². The Morgan fingerprint density at radius 1 is 1.17 bits per heavy atom. The van der Waals surface area contributed by atoms with Crippen molar-refractivity contribution in [2.24, 2.45) is 0 Å². The standard InChI is InChI=1S/C20H18N2O6S/c1-11(19(24)21-13-3-4-15-16(9-13)27-10-26-15)28-20(25)12-2-5-17-14(8-12)22-18(23)6-7-29-17/h2-5,8-9,11H,6-7,10H2,1H3,(H,21,24)(H,22,23)/t11-/m1/s1. The van der Waals surface area contributed by atoms with Gasteiger partial charge in [0.1, 0.15) is 0 Å². The molecule has 150 valence electrons. The molecular weight excluding hydrogens is 396 g/mol. The van der Waals surface area contributed by atoms with E-state index in [0.29, 0.717) is 35.0 Å². The Hall–Kier alpha value is -3.20. The van der Waals surface area contributed by atoms with E-state index < -0.39 is 18.0 Å². The minimum absolute atomic E-state index is 0.0989. The first-order valence-electron chi connectivity index (χ1n) is 8.98. The van der Waals surface area contributed by atoms with Crippen LogP contribution in [0.2, 0.25) is 0 Å². The lowest BCUT2D eigenvalue weighted by Crippen LogP contribution is -2.30. The van der Waals surface area contributed by atoms with Gasteiger partial charge in [-0.2, -0.15) is 0 Å². The van der Waals surface area contributed by atoms with Gasteiger partial charge in [-0.05, 0) is 37.3 Å². The fraction of sp³-hybridized carbons (Fsp3) is 0.250. The fourth-order valence-electron chi connectivity index (χ4n) is 2.85. The van der Waals surface area contributed by atoms with Crippen LogP contribution in [0.4, 0.5) is 11.4 Å². The van der Waals surface area contributed by atoms with Gasteiger partial charge in [0.05, 0.1) is 11.3 Å². The van der Waals surface area contributed by atoms with Gasteiger partial charge in [-0.1, -0.05) is 0 Å². The molecule has 8 nitrogen and oxygen atoms in total. The predicted octanol–water partition coefficient (Wildman–Crippen LogP) is 3.03. The number of carbonyl (C=O) groups excluding carboxylic acids is 3. The largest absolute Gasteiger partial charge is 0.454 e. The Morgan fingerprint density at radius 3 is 2.86 bits per heavy atom. The second-order valence-electron chi connectivity index (χ2n) is 6.46. The van der Waals surface area contributed by atoms with E-state index in [1.165, 1.54) is 6.92 Å². The van der Waals surface area contributed by atoms with Crippen molar-refractivity contribution < 1.29 is 28.6 Å². The number of hydrogen-bond acceptors (Lipinski definition) is 7. The maximum atomic E-state index is 12.5. The quantitative estimate of drug-likeness (QED) is 0.741.